The highest BCUT2D eigenvalue weighted by molar-refractivity contribution is 5.75. The van der Waals surface area contributed by atoms with Crippen LogP contribution in [0, 0.1) is 0 Å². The van der Waals surface area contributed by atoms with Crippen LogP contribution < -0.4 is 5.73 Å². The standard InChI is InChI=1S/C14H19NO3/c15-13(16)9-4-10-14(17)18-11-5-8-12-6-2-1-3-7-12/h1-3,6-7H,4-5,8-11H2,(H2,15,16). The van der Waals surface area contributed by atoms with Crippen LogP contribution in [0.25, 0.3) is 0 Å². The zero-order valence-corrected chi connectivity index (χ0v) is 10.4. The Bertz CT molecular complexity index is 376. The number of amides is 1. The predicted molar refractivity (Wildman–Crippen MR) is 68.8 cm³/mol. The topological polar surface area (TPSA) is 69.4 Å². The van der Waals surface area contributed by atoms with Crippen molar-refractivity contribution in [1.82, 2.24) is 0 Å². The molecule has 98 valence electrons. The number of hydrogen-bond donors (Lipinski definition) is 1. The van der Waals surface area contributed by atoms with Crippen LogP contribution in [-0.2, 0) is 20.7 Å². The molecule has 0 heterocycles. The van der Waals surface area contributed by atoms with E-state index in [0.29, 0.717) is 13.0 Å². The van der Waals surface area contributed by atoms with Crippen molar-refractivity contribution < 1.29 is 14.3 Å². The Morgan fingerprint density at radius 2 is 1.78 bits per heavy atom. The second-order valence-corrected chi connectivity index (χ2v) is 4.13. The first-order valence-corrected chi connectivity index (χ1v) is 6.16. The van der Waals surface area contributed by atoms with Gasteiger partial charge in [-0.05, 0) is 24.8 Å². The molecule has 2 N–H and O–H groups in total. The number of rotatable bonds is 8. The fourth-order valence-electron chi connectivity index (χ4n) is 1.59. The summed E-state index contributed by atoms with van der Waals surface area (Å²) in [6, 6.07) is 10.1. The van der Waals surface area contributed by atoms with Crippen molar-refractivity contribution in [2.45, 2.75) is 32.1 Å². The second-order valence-electron chi connectivity index (χ2n) is 4.13. The summed E-state index contributed by atoms with van der Waals surface area (Å²) in [7, 11) is 0. The fraction of sp³-hybridized carbons (Fsp3) is 0.429. The molecule has 1 amide bonds. The van der Waals surface area contributed by atoms with Gasteiger partial charge in [-0.15, -0.1) is 0 Å². The van der Waals surface area contributed by atoms with E-state index in [1.54, 1.807) is 0 Å². The fourth-order valence-corrected chi connectivity index (χ4v) is 1.59. The van der Waals surface area contributed by atoms with E-state index in [1.165, 1.54) is 5.56 Å². The number of nitrogens with two attached hydrogens (primary N) is 1. The Morgan fingerprint density at radius 3 is 2.44 bits per heavy atom. The number of primary amides is 1. The molecule has 0 atom stereocenters. The first-order valence-electron chi connectivity index (χ1n) is 6.16. The summed E-state index contributed by atoms with van der Waals surface area (Å²) in [6.45, 7) is 0.421. The highest BCUT2D eigenvalue weighted by Gasteiger charge is 2.04. The van der Waals surface area contributed by atoms with Gasteiger partial charge >= 0.3 is 5.97 Å². The Morgan fingerprint density at radius 1 is 1.06 bits per heavy atom. The molecule has 0 aromatic heterocycles. The van der Waals surface area contributed by atoms with Gasteiger partial charge in [-0.1, -0.05) is 30.3 Å². The van der Waals surface area contributed by atoms with Crippen LogP contribution >= 0.6 is 0 Å². The van der Waals surface area contributed by atoms with Gasteiger partial charge in [0.1, 0.15) is 0 Å². The van der Waals surface area contributed by atoms with Gasteiger partial charge in [-0.2, -0.15) is 0 Å². The van der Waals surface area contributed by atoms with Crippen molar-refractivity contribution in [1.29, 1.82) is 0 Å². The molecule has 1 aromatic rings. The molecule has 0 fully saturated rings. The number of benzene rings is 1. The van der Waals surface area contributed by atoms with Crippen molar-refractivity contribution in [3.63, 3.8) is 0 Å². The summed E-state index contributed by atoms with van der Waals surface area (Å²) in [6.07, 6.45) is 2.67. The van der Waals surface area contributed by atoms with E-state index in [4.69, 9.17) is 10.5 Å². The van der Waals surface area contributed by atoms with Crippen LogP contribution in [0.4, 0.5) is 0 Å². The number of hydrogen-bond acceptors (Lipinski definition) is 3. The molecule has 4 nitrogen and oxygen atoms in total. The second kappa shape index (κ2) is 8.28. The van der Waals surface area contributed by atoms with E-state index in [9.17, 15) is 9.59 Å². The first-order chi connectivity index (χ1) is 8.68. The van der Waals surface area contributed by atoms with Gasteiger partial charge in [-0.3, -0.25) is 9.59 Å². The Kier molecular flexibility index (Phi) is 6.54. The summed E-state index contributed by atoms with van der Waals surface area (Å²) in [5.74, 6) is -0.642. The molecular weight excluding hydrogens is 230 g/mol. The van der Waals surface area contributed by atoms with Gasteiger partial charge in [-0.25, -0.2) is 0 Å². The average molecular weight is 249 g/mol. The normalized spacial score (nSPS) is 10.0. The summed E-state index contributed by atoms with van der Waals surface area (Å²) >= 11 is 0. The monoisotopic (exact) mass is 249 g/mol. The van der Waals surface area contributed by atoms with Crippen LogP contribution in [0.2, 0.25) is 0 Å². The van der Waals surface area contributed by atoms with E-state index in [1.807, 2.05) is 18.2 Å². The van der Waals surface area contributed by atoms with Gasteiger partial charge in [0, 0.05) is 12.8 Å². The SMILES string of the molecule is NC(=O)CCCC(=O)OCCCc1ccccc1. The number of ether oxygens (including phenoxy) is 1. The Hall–Kier alpha value is -1.84. The van der Waals surface area contributed by atoms with Crippen molar-refractivity contribution in [2.75, 3.05) is 6.61 Å². The van der Waals surface area contributed by atoms with E-state index in [0.717, 1.165) is 12.8 Å². The molecule has 0 aliphatic carbocycles. The molecule has 0 aliphatic rings. The third-order valence-corrected chi connectivity index (χ3v) is 2.52. The van der Waals surface area contributed by atoms with Crippen LogP contribution in [-0.4, -0.2) is 18.5 Å². The molecule has 0 unspecified atom stereocenters. The Labute approximate surface area is 107 Å². The molecule has 0 radical (unpaired) electrons. The van der Waals surface area contributed by atoms with Crippen LogP contribution in [0.15, 0.2) is 30.3 Å². The van der Waals surface area contributed by atoms with Crippen molar-refractivity contribution in [2.24, 2.45) is 5.73 Å². The maximum absolute atomic E-state index is 11.3. The van der Waals surface area contributed by atoms with Gasteiger partial charge in [0.15, 0.2) is 0 Å². The molecule has 0 bridgehead atoms. The zero-order chi connectivity index (χ0) is 13.2. The van der Waals surface area contributed by atoms with E-state index in [-0.39, 0.29) is 24.7 Å². The molecule has 1 rings (SSSR count). The third-order valence-electron chi connectivity index (χ3n) is 2.52. The maximum atomic E-state index is 11.3. The van der Waals surface area contributed by atoms with E-state index in [2.05, 4.69) is 12.1 Å². The molecule has 4 heteroatoms. The maximum Gasteiger partial charge on any atom is 0.305 e. The molecule has 18 heavy (non-hydrogen) atoms. The third kappa shape index (κ3) is 6.68. The molecule has 0 saturated heterocycles. The lowest BCUT2D eigenvalue weighted by Gasteiger charge is -2.04. The summed E-state index contributed by atoms with van der Waals surface area (Å²) < 4.78 is 5.05. The summed E-state index contributed by atoms with van der Waals surface area (Å²) in [5.41, 5.74) is 6.21. The summed E-state index contributed by atoms with van der Waals surface area (Å²) in [4.78, 5) is 21.7. The van der Waals surface area contributed by atoms with Crippen LogP contribution in [0.1, 0.15) is 31.2 Å². The molecule has 0 aliphatic heterocycles. The average Bonchev–Trinajstić information content (AvgIpc) is 2.35. The van der Waals surface area contributed by atoms with E-state index >= 15 is 0 Å². The van der Waals surface area contributed by atoms with E-state index < -0.39 is 0 Å². The predicted octanol–water partition coefficient (Wildman–Crippen LogP) is 1.82. The van der Waals surface area contributed by atoms with Crippen molar-refractivity contribution >= 4 is 11.9 Å². The highest BCUT2D eigenvalue weighted by atomic mass is 16.5. The highest BCUT2D eigenvalue weighted by Crippen LogP contribution is 2.03. The number of carbonyl (C=O) groups excluding carboxylic acids is 2. The van der Waals surface area contributed by atoms with Gasteiger partial charge in [0.25, 0.3) is 0 Å². The minimum absolute atomic E-state index is 0.235. The van der Waals surface area contributed by atoms with Crippen LogP contribution in [0.5, 0.6) is 0 Å². The Balaban J connectivity index is 2.04. The van der Waals surface area contributed by atoms with Gasteiger partial charge in [0.05, 0.1) is 6.61 Å². The minimum Gasteiger partial charge on any atom is -0.466 e. The summed E-state index contributed by atoms with van der Waals surface area (Å²) in [5, 5.41) is 0. The van der Waals surface area contributed by atoms with Crippen molar-refractivity contribution in [3.05, 3.63) is 35.9 Å². The molecule has 0 spiro atoms. The number of esters is 1. The lowest BCUT2D eigenvalue weighted by Crippen LogP contribution is -2.12. The minimum atomic E-state index is -0.383. The van der Waals surface area contributed by atoms with Crippen molar-refractivity contribution in [3.8, 4) is 0 Å². The quantitative estimate of drug-likeness (QED) is 0.564. The molecule has 0 saturated carbocycles. The van der Waals surface area contributed by atoms with Gasteiger partial charge < -0.3 is 10.5 Å². The largest absolute Gasteiger partial charge is 0.466 e. The first kappa shape index (κ1) is 14.2. The lowest BCUT2D eigenvalue weighted by molar-refractivity contribution is -0.143. The molecule has 1 aromatic carbocycles. The smallest absolute Gasteiger partial charge is 0.305 e. The van der Waals surface area contributed by atoms with Crippen LogP contribution in [0.3, 0.4) is 0 Å². The number of aryl methyl sites for hydroxylation is 1. The zero-order valence-electron chi connectivity index (χ0n) is 10.4. The molecular formula is C14H19NO3. The van der Waals surface area contributed by atoms with Gasteiger partial charge in [0.2, 0.25) is 5.91 Å². The number of carbonyl (C=O) groups is 2. The lowest BCUT2D eigenvalue weighted by atomic mass is 10.1.